The van der Waals surface area contributed by atoms with Gasteiger partial charge in [-0.1, -0.05) is 41.6 Å². The summed E-state index contributed by atoms with van der Waals surface area (Å²) in [6.07, 6.45) is -9.04. The number of nitrogens with one attached hydrogen (secondary N) is 1. The molecule has 2 N–H and O–H groups in total. The van der Waals surface area contributed by atoms with Gasteiger partial charge in [-0.2, -0.15) is 26.3 Å². The second kappa shape index (κ2) is 11.2. The first-order valence-electron chi connectivity index (χ1n) is 12.6. The number of rotatable bonds is 7. The molecule has 7 nitrogen and oxygen atoms in total. The largest absolute Gasteiger partial charge is 0.478 e. The fourth-order valence-corrected chi connectivity index (χ4v) is 4.43. The maximum absolute atomic E-state index is 13.5. The molecule has 0 radical (unpaired) electrons. The second-order valence-electron chi connectivity index (χ2n) is 9.59. The minimum absolute atomic E-state index is 0.0191. The number of amides is 1. The third kappa shape index (κ3) is 6.50. The van der Waals surface area contributed by atoms with Crippen LogP contribution in [-0.4, -0.2) is 32.0 Å². The van der Waals surface area contributed by atoms with Gasteiger partial charge < -0.3 is 10.4 Å². The highest BCUT2D eigenvalue weighted by Crippen LogP contribution is 2.33. The highest BCUT2D eigenvalue weighted by molar-refractivity contribution is 6.06. The van der Waals surface area contributed by atoms with Gasteiger partial charge in [0, 0.05) is 6.54 Å². The predicted molar refractivity (Wildman–Crippen MR) is 143 cm³/mol. The number of alkyl halides is 6. The van der Waals surface area contributed by atoms with E-state index >= 15 is 0 Å². The maximum Gasteiger partial charge on any atom is 0.416 e. The Kier molecular flexibility index (Phi) is 7.65. The van der Waals surface area contributed by atoms with Gasteiger partial charge in [0.2, 0.25) is 0 Å². The molecule has 0 aliphatic carbocycles. The molecule has 1 aromatic heterocycles. The molecule has 4 aromatic carbocycles. The monoisotopic (exact) mass is 598 g/mol. The first-order valence-corrected chi connectivity index (χ1v) is 12.6. The number of nitrogens with zero attached hydrogens (tertiary/aromatic N) is 3. The Morgan fingerprint density at radius 1 is 0.744 bits per heavy atom. The van der Waals surface area contributed by atoms with Crippen molar-refractivity contribution in [2.75, 3.05) is 0 Å². The van der Waals surface area contributed by atoms with Crippen molar-refractivity contribution in [3.05, 3.63) is 118 Å². The lowest BCUT2D eigenvalue weighted by Crippen LogP contribution is -2.24. The first-order chi connectivity index (χ1) is 20.3. The van der Waals surface area contributed by atoms with Gasteiger partial charge in [-0.3, -0.25) is 4.79 Å². The Hall–Kier alpha value is -5.20. The molecule has 220 valence electrons. The van der Waals surface area contributed by atoms with Crippen molar-refractivity contribution in [2.45, 2.75) is 25.4 Å². The first kappa shape index (κ1) is 29.3. The predicted octanol–water partition coefficient (Wildman–Crippen LogP) is 6.81. The molecule has 0 atom stereocenters. The minimum Gasteiger partial charge on any atom is -0.478 e. The van der Waals surface area contributed by atoms with Gasteiger partial charge in [0.25, 0.3) is 5.91 Å². The molecule has 0 aliphatic rings. The van der Waals surface area contributed by atoms with Gasteiger partial charge in [0.05, 0.1) is 28.8 Å². The zero-order valence-corrected chi connectivity index (χ0v) is 21.9. The smallest absolute Gasteiger partial charge is 0.416 e. The molecular weight excluding hydrogens is 578 g/mol. The van der Waals surface area contributed by atoms with Crippen LogP contribution in [0.4, 0.5) is 26.3 Å². The molecule has 13 heteroatoms. The Bertz CT molecular complexity index is 1790. The Balaban J connectivity index is 1.51. The van der Waals surface area contributed by atoms with E-state index in [1.165, 1.54) is 59.3 Å². The van der Waals surface area contributed by atoms with Crippen molar-refractivity contribution in [2.24, 2.45) is 0 Å². The molecule has 0 saturated carbocycles. The number of halogens is 6. The van der Waals surface area contributed by atoms with E-state index < -0.39 is 35.4 Å². The van der Waals surface area contributed by atoms with Crippen LogP contribution in [0.5, 0.6) is 0 Å². The lowest BCUT2D eigenvalue weighted by molar-refractivity contribution is -0.138. The van der Waals surface area contributed by atoms with Gasteiger partial charge in [0.15, 0.2) is 0 Å². The van der Waals surface area contributed by atoms with E-state index in [1.807, 2.05) is 0 Å². The molecule has 0 aliphatic heterocycles. The van der Waals surface area contributed by atoms with E-state index in [0.717, 1.165) is 24.3 Å². The molecule has 43 heavy (non-hydrogen) atoms. The van der Waals surface area contributed by atoms with Crippen LogP contribution in [-0.2, 0) is 25.4 Å². The number of aromatic carboxylic acids is 1. The average Bonchev–Trinajstić information content (AvgIpc) is 3.37. The van der Waals surface area contributed by atoms with Gasteiger partial charge in [0.1, 0.15) is 11.0 Å². The Labute approximate surface area is 239 Å². The molecule has 0 spiro atoms. The van der Waals surface area contributed by atoms with Crippen LogP contribution in [0.15, 0.2) is 84.9 Å². The van der Waals surface area contributed by atoms with Crippen LogP contribution >= 0.6 is 0 Å². The average molecular weight is 599 g/mol. The topological polar surface area (TPSA) is 97.1 Å². The van der Waals surface area contributed by atoms with Gasteiger partial charge in [-0.15, -0.1) is 5.10 Å². The summed E-state index contributed by atoms with van der Waals surface area (Å²) in [4.78, 5) is 24.6. The van der Waals surface area contributed by atoms with Crippen molar-refractivity contribution in [3.63, 3.8) is 0 Å². The van der Waals surface area contributed by atoms with Gasteiger partial charge >= 0.3 is 18.3 Å². The van der Waals surface area contributed by atoms with Crippen molar-refractivity contribution in [3.8, 4) is 11.1 Å². The van der Waals surface area contributed by atoms with E-state index in [-0.39, 0.29) is 35.2 Å². The lowest BCUT2D eigenvalue weighted by atomic mass is 9.99. The molecule has 1 amide bonds. The van der Waals surface area contributed by atoms with Crippen molar-refractivity contribution >= 4 is 22.9 Å². The van der Waals surface area contributed by atoms with E-state index in [4.69, 9.17) is 5.11 Å². The summed E-state index contributed by atoms with van der Waals surface area (Å²) in [6, 6.07) is 17.7. The fourth-order valence-electron chi connectivity index (χ4n) is 4.43. The van der Waals surface area contributed by atoms with Gasteiger partial charge in [-0.25, -0.2) is 9.48 Å². The van der Waals surface area contributed by atoms with Crippen LogP contribution in [0.3, 0.4) is 0 Å². The van der Waals surface area contributed by atoms with Crippen LogP contribution in [0.25, 0.3) is 22.2 Å². The van der Waals surface area contributed by atoms with Crippen molar-refractivity contribution in [1.29, 1.82) is 0 Å². The van der Waals surface area contributed by atoms with Crippen LogP contribution < -0.4 is 5.32 Å². The normalized spacial score (nSPS) is 12.0. The standard InChI is InChI=1S/C30H20F6N4O3/c31-29(32,33)22-9-3-18(4-10-22)16-40-26-24(27(41)37-15-17-1-5-20(6-2-17)28(42)43)13-21(14-25(26)38-39-40)19-7-11-23(12-8-19)30(34,35)36/h1-14H,15-16H2,(H,37,41)(H,42,43). The van der Waals surface area contributed by atoms with E-state index in [1.54, 1.807) is 6.07 Å². The minimum atomic E-state index is -4.53. The van der Waals surface area contributed by atoms with E-state index in [0.29, 0.717) is 22.3 Å². The number of carbonyl (C=O) groups is 2. The summed E-state index contributed by atoms with van der Waals surface area (Å²) in [5.41, 5.74) is 0.801. The number of hydrogen-bond acceptors (Lipinski definition) is 4. The molecule has 0 saturated heterocycles. The molecule has 0 bridgehead atoms. The van der Waals surface area contributed by atoms with Crippen molar-refractivity contribution in [1.82, 2.24) is 20.3 Å². The molecule has 0 fully saturated rings. The van der Waals surface area contributed by atoms with Gasteiger partial charge in [-0.05, 0) is 70.8 Å². The van der Waals surface area contributed by atoms with Crippen LogP contribution in [0, 0.1) is 0 Å². The highest BCUT2D eigenvalue weighted by Gasteiger charge is 2.31. The number of aromatic nitrogens is 3. The molecular formula is C30H20F6N4O3. The summed E-state index contributed by atoms with van der Waals surface area (Å²) in [5.74, 6) is -1.69. The van der Waals surface area contributed by atoms with E-state index in [2.05, 4.69) is 15.6 Å². The highest BCUT2D eigenvalue weighted by atomic mass is 19.4. The second-order valence-corrected chi connectivity index (χ2v) is 9.59. The number of carbonyl (C=O) groups excluding carboxylic acids is 1. The summed E-state index contributed by atoms with van der Waals surface area (Å²) in [7, 11) is 0. The third-order valence-electron chi connectivity index (χ3n) is 6.67. The van der Waals surface area contributed by atoms with Crippen molar-refractivity contribution < 1.29 is 41.0 Å². The number of hydrogen-bond donors (Lipinski definition) is 2. The summed E-state index contributed by atoms with van der Waals surface area (Å²) in [6.45, 7) is -0.00357. The zero-order valence-electron chi connectivity index (χ0n) is 21.9. The number of fused-ring (bicyclic) bond motifs is 1. The number of benzene rings is 4. The summed E-state index contributed by atoms with van der Waals surface area (Å²) < 4.78 is 79.6. The van der Waals surface area contributed by atoms with Crippen LogP contribution in [0.1, 0.15) is 43.0 Å². The molecule has 1 heterocycles. The van der Waals surface area contributed by atoms with E-state index in [9.17, 15) is 35.9 Å². The SMILES string of the molecule is O=C(O)c1ccc(CNC(=O)c2cc(-c3ccc(C(F)(F)F)cc3)cc3nnn(Cc4ccc(C(F)(F)F)cc4)c23)cc1. The molecule has 5 rings (SSSR count). The number of carboxylic acid groups (broad SMARTS) is 1. The molecule has 5 aromatic rings. The zero-order chi connectivity index (χ0) is 30.9. The van der Waals surface area contributed by atoms with Crippen LogP contribution in [0.2, 0.25) is 0 Å². The Morgan fingerprint density at radius 2 is 1.30 bits per heavy atom. The Morgan fingerprint density at radius 3 is 1.86 bits per heavy atom. The summed E-state index contributed by atoms with van der Waals surface area (Å²) >= 11 is 0. The number of carboxylic acids is 1. The quantitative estimate of drug-likeness (QED) is 0.201. The summed E-state index contributed by atoms with van der Waals surface area (Å²) in [5, 5.41) is 20.0. The maximum atomic E-state index is 13.5. The fraction of sp³-hybridized carbons (Fsp3) is 0.133. The molecule has 0 unspecified atom stereocenters. The lowest BCUT2D eigenvalue weighted by Gasteiger charge is -2.12. The third-order valence-corrected chi connectivity index (χ3v) is 6.67.